The summed E-state index contributed by atoms with van der Waals surface area (Å²) in [5.74, 6) is -1.05. The molecule has 108 valence electrons. The molecule has 0 spiro atoms. The second kappa shape index (κ2) is 6.27. The van der Waals surface area contributed by atoms with Gasteiger partial charge in [-0.2, -0.15) is 0 Å². The number of hydrogen-bond donors (Lipinski definition) is 2. The van der Waals surface area contributed by atoms with E-state index in [0.717, 1.165) is 18.7 Å². The summed E-state index contributed by atoms with van der Waals surface area (Å²) < 4.78 is 32.2. The minimum Gasteiger partial charge on any atom is -0.406 e. The highest BCUT2D eigenvalue weighted by Gasteiger charge is 2.16. The lowest BCUT2D eigenvalue weighted by Crippen LogP contribution is -2.17. The Balaban J connectivity index is 2.19. The molecule has 0 aliphatic carbocycles. The first-order chi connectivity index (χ1) is 9.51. The summed E-state index contributed by atoms with van der Waals surface area (Å²) >= 11 is 3.07. The Morgan fingerprint density at radius 2 is 2.10 bits per heavy atom. The fourth-order valence-corrected chi connectivity index (χ4v) is 2.13. The molecular weight excluding hydrogens is 334 g/mol. The van der Waals surface area contributed by atoms with E-state index in [9.17, 15) is 8.78 Å². The van der Waals surface area contributed by atoms with Crippen molar-refractivity contribution in [1.29, 1.82) is 0 Å². The molecule has 2 aromatic rings. The largest absolute Gasteiger partial charge is 0.406 e. The molecule has 0 radical (unpaired) electrons. The van der Waals surface area contributed by atoms with E-state index in [-0.39, 0.29) is 22.2 Å². The lowest BCUT2D eigenvalue weighted by molar-refractivity contribution is 0.430. The second-order valence-corrected chi connectivity index (χ2v) is 4.95. The maximum Gasteiger partial charge on any atom is 0.320 e. The van der Waals surface area contributed by atoms with E-state index >= 15 is 0 Å². The van der Waals surface area contributed by atoms with Crippen LogP contribution in [-0.2, 0) is 0 Å². The fraction of sp³-hybridized carbons (Fsp3) is 0.333. The Kier molecular flexibility index (Phi) is 4.66. The number of hydrogen-bond acceptors (Lipinski definition) is 5. The first-order valence-corrected chi connectivity index (χ1v) is 6.79. The second-order valence-electron chi connectivity index (χ2n) is 4.09. The van der Waals surface area contributed by atoms with Crippen LogP contribution < -0.4 is 10.6 Å². The highest BCUT2D eigenvalue weighted by Crippen LogP contribution is 2.29. The van der Waals surface area contributed by atoms with Crippen LogP contribution in [0.15, 0.2) is 21.0 Å². The van der Waals surface area contributed by atoms with E-state index in [4.69, 9.17) is 4.42 Å². The first-order valence-electron chi connectivity index (χ1n) is 5.99. The van der Waals surface area contributed by atoms with Crippen LogP contribution in [0.2, 0.25) is 0 Å². The van der Waals surface area contributed by atoms with Crippen LogP contribution in [0.3, 0.4) is 0 Å². The zero-order chi connectivity index (χ0) is 14.7. The summed E-state index contributed by atoms with van der Waals surface area (Å²) in [5.41, 5.74) is 0.0395. The molecule has 0 bridgehead atoms. The van der Waals surface area contributed by atoms with Crippen molar-refractivity contribution in [3.05, 3.63) is 34.1 Å². The van der Waals surface area contributed by atoms with Crippen molar-refractivity contribution in [3.8, 4) is 0 Å². The lowest BCUT2D eigenvalue weighted by atomic mass is 10.3. The molecule has 1 unspecified atom stereocenters. The van der Waals surface area contributed by atoms with E-state index in [1.807, 2.05) is 13.8 Å². The molecule has 1 atom stereocenters. The average molecular weight is 347 g/mol. The van der Waals surface area contributed by atoms with Crippen molar-refractivity contribution in [2.45, 2.75) is 19.9 Å². The molecule has 0 aliphatic heterocycles. The minimum absolute atomic E-state index is 0.0379. The number of benzene rings is 1. The maximum atomic E-state index is 13.6. The van der Waals surface area contributed by atoms with Crippen molar-refractivity contribution >= 4 is 27.6 Å². The highest BCUT2D eigenvalue weighted by atomic mass is 79.9. The van der Waals surface area contributed by atoms with Gasteiger partial charge < -0.3 is 15.1 Å². The van der Waals surface area contributed by atoms with Gasteiger partial charge in [-0.25, -0.2) is 8.78 Å². The van der Waals surface area contributed by atoms with Crippen molar-refractivity contribution in [2.75, 3.05) is 11.9 Å². The summed E-state index contributed by atoms with van der Waals surface area (Å²) in [5, 5.41) is 13.4. The van der Waals surface area contributed by atoms with Crippen LogP contribution in [-0.4, -0.2) is 16.7 Å². The number of nitrogens with one attached hydrogen (secondary N) is 2. The topological polar surface area (TPSA) is 63.0 Å². The Bertz CT molecular complexity index is 582. The van der Waals surface area contributed by atoms with Gasteiger partial charge in [-0.3, -0.25) is 0 Å². The highest BCUT2D eigenvalue weighted by molar-refractivity contribution is 9.10. The van der Waals surface area contributed by atoms with Crippen LogP contribution in [0, 0.1) is 11.6 Å². The number of rotatable bonds is 5. The Hall–Kier alpha value is -1.54. The number of nitrogens with zero attached hydrogens (tertiary/aromatic N) is 2. The smallest absolute Gasteiger partial charge is 0.320 e. The summed E-state index contributed by atoms with van der Waals surface area (Å²) in [4.78, 5) is 0. The molecule has 0 amide bonds. The van der Waals surface area contributed by atoms with Gasteiger partial charge in [0.25, 0.3) is 0 Å². The van der Waals surface area contributed by atoms with Gasteiger partial charge in [-0.05, 0) is 35.5 Å². The molecule has 0 aliphatic rings. The SMILES string of the molecule is CCNC(C)c1nnc(Nc2c(F)cc(F)cc2Br)o1. The molecule has 2 N–H and O–H groups in total. The van der Waals surface area contributed by atoms with Gasteiger partial charge in [-0.1, -0.05) is 12.0 Å². The van der Waals surface area contributed by atoms with Crippen molar-refractivity contribution in [2.24, 2.45) is 0 Å². The van der Waals surface area contributed by atoms with Crippen molar-refractivity contribution in [3.63, 3.8) is 0 Å². The van der Waals surface area contributed by atoms with Crippen LogP contribution >= 0.6 is 15.9 Å². The molecule has 1 aromatic heterocycles. The fourth-order valence-electron chi connectivity index (χ4n) is 1.62. The summed E-state index contributed by atoms with van der Waals surface area (Å²) in [6.07, 6.45) is 0. The quantitative estimate of drug-likeness (QED) is 0.867. The van der Waals surface area contributed by atoms with Crippen molar-refractivity contribution < 1.29 is 13.2 Å². The standard InChI is InChI=1S/C12H13BrF2N4O/c1-3-16-6(2)11-18-19-12(20-11)17-10-8(13)4-7(14)5-9(10)15/h4-6,16H,3H2,1-2H3,(H,17,19). The maximum absolute atomic E-state index is 13.6. The molecule has 0 fully saturated rings. The van der Waals surface area contributed by atoms with Crippen molar-refractivity contribution in [1.82, 2.24) is 15.5 Å². The molecular formula is C12H13BrF2N4O. The molecule has 0 saturated carbocycles. The first kappa shape index (κ1) is 14.9. The molecule has 2 rings (SSSR count). The van der Waals surface area contributed by atoms with Gasteiger partial charge in [0.05, 0.1) is 11.7 Å². The van der Waals surface area contributed by atoms with Gasteiger partial charge >= 0.3 is 6.01 Å². The zero-order valence-electron chi connectivity index (χ0n) is 10.9. The van der Waals surface area contributed by atoms with Crippen LogP contribution in [0.4, 0.5) is 20.5 Å². The molecule has 1 aromatic carbocycles. The number of halogens is 3. The van der Waals surface area contributed by atoms with E-state index in [1.54, 1.807) is 0 Å². The summed E-state index contributed by atoms with van der Waals surface area (Å²) in [7, 11) is 0. The van der Waals surface area contributed by atoms with E-state index in [1.165, 1.54) is 0 Å². The average Bonchev–Trinajstić information content (AvgIpc) is 2.82. The van der Waals surface area contributed by atoms with Gasteiger partial charge in [0, 0.05) is 10.5 Å². The van der Waals surface area contributed by atoms with E-state index in [0.29, 0.717) is 5.89 Å². The zero-order valence-corrected chi connectivity index (χ0v) is 12.5. The lowest BCUT2D eigenvalue weighted by Gasteiger charge is -2.07. The van der Waals surface area contributed by atoms with Gasteiger partial charge in [0.15, 0.2) is 5.82 Å². The molecule has 20 heavy (non-hydrogen) atoms. The van der Waals surface area contributed by atoms with Crippen LogP contribution in [0.25, 0.3) is 0 Å². The third-order valence-corrected chi connectivity index (χ3v) is 3.19. The van der Waals surface area contributed by atoms with E-state index in [2.05, 4.69) is 36.8 Å². The van der Waals surface area contributed by atoms with E-state index < -0.39 is 11.6 Å². The molecule has 1 heterocycles. The van der Waals surface area contributed by atoms with Crippen LogP contribution in [0.5, 0.6) is 0 Å². The molecule has 0 saturated heterocycles. The monoisotopic (exact) mass is 346 g/mol. The van der Waals surface area contributed by atoms with Gasteiger partial charge in [0.1, 0.15) is 5.82 Å². The Morgan fingerprint density at radius 1 is 1.35 bits per heavy atom. The Morgan fingerprint density at radius 3 is 2.75 bits per heavy atom. The Labute approximate surface area is 122 Å². The third-order valence-electron chi connectivity index (χ3n) is 2.56. The predicted octanol–water partition coefficient (Wildman–Crippen LogP) is 3.52. The van der Waals surface area contributed by atoms with Crippen LogP contribution in [0.1, 0.15) is 25.8 Å². The normalized spacial score (nSPS) is 12.4. The van der Waals surface area contributed by atoms with Gasteiger partial charge in [0.2, 0.25) is 5.89 Å². The summed E-state index contributed by atoms with van der Waals surface area (Å²) in [6, 6.07) is 1.84. The van der Waals surface area contributed by atoms with Gasteiger partial charge in [-0.15, -0.1) is 5.10 Å². The number of aromatic nitrogens is 2. The summed E-state index contributed by atoms with van der Waals surface area (Å²) in [6.45, 7) is 4.58. The molecule has 8 heteroatoms. The molecule has 5 nitrogen and oxygen atoms in total. The minimum atomic E-state index is -0.753. The number of anilines is 2. The third kappa shape index (κ3) is 3.31. The predicted molar refractivity (Wildman–Crippen MR) is 73.7 cm³/mol.